The Morgan fingerprint density at radius 1 is 1.50 bits per heavy atom. The van der Waals surface area contributed by atoms with Gasteiger partial charge in [-0.05, 0) is 19.9 Å². The molecule has 0 aromatic carbocycles. The first-order chi connectivity index (χ1) is 6.67. The average Bonchev–Trinajstić information content (AvgIpc) is 2.62. The second kappa shape index (κ2) is 4.25. The first-order valence-electron chi connectivity index (χ1n) is 4.23. The van der Waals surface area contributed by atoms with E-state index in [0.717, 1.165) is 5.56 Å². The van der Waals surface area contributed by atoms with Gasteiger partial charge in [0.1, 0.15) is 17.7 Å². The number of nitrogens with zero attached hydrogens (tertiary/aromatic N) is 4. The van der Waals surface area contributed by atoms with E-state index in [1.54, 1.807) is 29.2 Å². The molecule has 0 radical (unpaired) electrons. The van der Waals surface area contributed by atoms with Gasteiger partial charge in [-0.3, -0.25) is 4.68 Å². The standard InChI is InChI=1S/C10H10N4/c1-8(2)14-7-10(6-13-14)3-9(4-11)5-12/h3,6-8H,1-2H3. The fraction of sp³-hybridized carbons (Fsp3) is 0.300. The maximum absolute atomic E-state index is 8.54. The summed E-state index contributed by atoms with van der Waals surface area (Å²) in [4.78, 5) is 0. The second-order valence-electron chi connectivity index (χ2n) is 3.13. The van der Waals surface area contributed by atoms with Crippen LogP contribution in [-0.2, 0) is 0 Å². The molecule has 0 atom stereocenters. The first-order valence-corrected chi connectivity index (χ1v) is 4.23. The Morgan fingerprint density at radius 2 is 2.14 bits per heavy atom. The molecule has 0 saturated heterocycles. The molecule has 0 aliphatic carbocycles. The van der Waals surface area contributed by atoms with Crippen molar-refractivity contribution in [3.63, 3.8) is 0 Å². The summed E-state index contributed by atoms with van der Waals surface area (Å²) in [6, 6.07) is 3.89. The lowest BCUT2D eigenvalue weighted by Gasteiger charge is -2.02. The van der Waals surface area contributed by atoms with E-state index in [2.05, 4.69) is 5.10 Å². The quantitative estimate of drug-likeness (QED) is 0.662. The molecule has 0 saturated carbocycles. The van der Waals surface area contributed by atoms with Crippen molar-refractivity contribution < 1.29 is 0 Å². The van der Waals surface area contributed by atoms with Crippen LogP contribution in [0, 0.1) is 22.7 Å². The Balaban J connectivity index is 2.96. The predicted molar refractivity (Wildman–Crippen MR) is 51.8 cm³/mol. The molecule has 0 amide bonds. The third kappa shape index (κ3) is 2.21. The van der Waals surface area contributed by atoms with Crippen molar-refractivity contribution in [1.82, 2.24) is 9.78 Å². The topological polar surface area (TPSA) is 65.4 Å². The zero-order valence-electron chi connectivity index (χ0n) is 8.10. The molecule has 0 aliphatic heterocycles. The van der Waals surface area contributed by atoms with E-state index in [4.69, 9.17) is 10.5 Å². The molecule has 70 valence electrons. The molecular weight excluding hydrogens is 176 g/mol. The molecule has 1 aromatic heterocycles. The Morgan fingerprint density at radius 3 is 2.57 bits per heavy atom. The van der Waals surface area contributed by atoms with Crippen LogP contribution in [0.2, 0.25) is 0 Å². The van der Waals surface area contributed by atoms with Crippen molar-refractivity contribution in [3.05, 3.63) is 23.5 Å². The third-order valence-corrected chi connectivity index (χ3v) is 1.70. The smallest absolute Gasteiger partial charge is 0.130 e. The van der Waals surface area contributed by atoms with E-state index in [-0.39, 0.29) is 11.6 Å². The van der Waals surface area contributed by atoms with Crippen LogP contribution in [0.4, 0.5) is 0 Å². The van der Waals surface area contributed by atoms with Gasteiger partial charge in [-0.15, -0.1) is 0 Å². The molecule has 0 aliphatic rings. The van der Waals surface area contributed by atoms with Gasteiger partial charge in [0.05, 0.1) is 6.20 Å². The zero-order chi connectivity index (χ0) is 10.6. The highest BCUT2D eigenvalue weighted by atomic mass is 15.3. The lowest BCUT2D eigenvalue weighted by Crippen LogP contribution is -1.99. The van der Waals surface area contributed by atoms with E-state index >= 15 is 0 Å². The van der Waals surface area contributed by atoms with Gasteiger partial charge in [-0.2, -0.15) is 15.6 Å². The molecule has 0 bridgehead atoms. The number of hydrogen-bond donors (Lipinski definition) is 0. The molecule has 0 spiro atoms. The number of allylic oxidation sites excluding steroid dienone is 1. The van der Waals surface area contributed by atoms with Crippen LogP contribution in [0.3, 0.4) is 0 Å². The average molecular weight is 186 g/mol. The first kappa shape index (κ1) is 10.0. The van der Waals surface area contributed by atoms with Crippen LogP contribution >= 0.6 is 0 Å². The molecule has 1 heterocycles. The highest BCUT2D eigenvalue weighted by Crippen LogP contribution is 2.08. The lowest BCUT2D eigenvalue weighted by atomic mass is 10.2. The van der Waals surface area contributed by atoms with Gasteiger partial charge in [-0.1, -0.05) is 0 Å². The fourth-order valence-corrected chi connectivity index (χ4v) is 0.966. The van der Waals surface area contributed by atoms with Crippen LogP contribution in [0.1, 0.15) is 25.5 Å². The van der Waals surface area contributed by atoms with E-state index in [1.165, 1.54) is 6.08 Å². The summed E-state index contributed by atoms with van der Waals surface area (Å²) in [5, 5.41) is 21.2. The van der Waals surface area contributed by atoms with Crippen molar-refractivity contribution in [1.29, 1.82) is 10.5 Å². The summed E-state index contributed by atoms with van der Waals surface area (Å²) < 4.78 is 1.78. The molecule has 14 heavy (non-hydrogen) atoms. The molecule has 4 heteroatoms. The Labute approximate surface area is 82.7 Å². The van der Waals surface area contributed by atoms with E-state index in [9.17, 15) is 0 Å². The molecule has 0 unspecified atom stereocenters. The zero-order valence-corrected chi connectivity index (χ0v) is 8.10. The number of hydrogen-bond acceptors (Lipinski definition) is 3. The minimum atomic E-state index is 0.0910. The van der Waals surface area contributed by atoms with Gasteiger partial charge in [0.15, 0.2) is 0 Å². The maximum Gasteiger partial charge on any atom is 0.130 e. The largest absolute Gasteiger partial charge is 0.270 e. The van der Waals surface area contributed by atoms with Gasteiger partial charge in [0.2, 0.25) is 0 Å². The van der Waals surface area contributed by atoms with Crippen molar-refractivity contribution in [2.45, 2.75) is 19.9 Å². The minimum absolute atomic E-state index is 0.0910. The van der Waals surface area contributed by atoms with Crippen molar-refractivity contribution >= 4 is 6.08 Å². The molecule has 1 aromatic rings. The van der Waals surface area contributed by atoms with Crippen molar-refractivity contribution in [2.24, 2.45) is 0 Å². The molecule has 0 N–H and O–H groups in total. The third-order valence-electron chi connectivity index (χ3n) is 1.70. The number of nitriles is 2. The monoisotopic (exact) mass is 186 g/mol. The minimum Gasteiger partial charge on any atom is -0.270 e. The highest BCUT2D eigenvalue weighted by Gasteiger charge is 2.00. The SMILES string of the molecule is CC(C)n1cc(C=C(C#N)C#N)cn1. The summed E-state index contributed by atoms with van der Waals surface area (Å²) in [5.74, 6) is 0. The Hall–Kier alpha value is -2.07. The van der Waals surface area contributed by atoms with E-state index in [0.29, 0.717) is 0 Å². The van der Waals surface area contributed by atoms with Crippen LogP contribution in [0.25, 0.3) is 6.08 Å². The van der Waals surface area contributed by atoms with Crippen LogP contribution < -0.4 is 0 Å². The number of aromatic nitrogens is 2. The molecule has 0 fully saturated rings. The number of rotatable bonds is 2. The summed E-state index contributed by atoms with van der Waals surface area (Å²) in [6.45, 7) is 4.02. The van der Waals surface area contributed by atoms with Gasteiger partial charge in [-0.25, -0.2) is 0 Å². The normalized spacial score (nSPS) is 9.21. The summed E-state index contributed by atoms with van der Waals surface area (Å²) in [6.07, 6.45) is 4.96. The van der Waals surface area contributed by atoms with E-state index in [1.807, 2.05) is 13.8 Å². The van der Waals surface area contributed by atoms with E-state index < -0.39 is 0 Å². The summed E-state index contributed by atoms with van der Waals surface area (Å²) >= 11 is 0. The van der Waals surface area contributed by atoms with Crippen molar-refractivity contribution in [2.75, 3.05) is 0 Å². The molecule has 1 rings (SSSR count). The predicted octanol–water partition coefficient (Wildman–Crippen LogP) is 1.89. The second-order valence-corrected chi connectivity index (χ2v) is 3.13. The van der Waals surface area contributed by atoms with Gasteiger partial charge < -0.3 is 0 Å². The molecular formula is C10H10N4. The van der Waals surface area contributed by atoms with Crippen LogP contribution in [0.15, 0.2) is 18.0 Å². The van der Waals surface area contributed by atoms with Crippen LogP contribution in [-0.4, -0.2) is 9.78 Å². The van der Waals surface area contributed by atoms with Gasteiger partial charge in [0, 0.05) is 17.8 Å². The summed E-state index contributed by atoms with van der Waals surface area (Å²) in [5.41, 5.74) is 0.866. The highest BCUT2D eigenvalue weighted by molar-refractivity contribution is 5.60. The molecule has 4 nitrogen and oxygen atoms in total. The summed E-state index contributed by atoms with van der Waals surface area (Å²) in [7, 11) is 0. The van der Waals surface area contributed by atoms with Gasteiger partial charge in [0.25, 0.3) is 0 Å². The lowest BCUT2D eigenvalue weighted by molar-refractivity contribution is 0.532. The fourth-order valence-electron chi connectivity index (χ4n) is 0.966. The van der Waals surface area contributed by atoms with Gasteiger partial charge >= 0.3 is 0 Å². The Kier molecular flexibility index (Phi) is 3.04. The Bertz CT molecular complexity index is 410. The van der Waals surface area contributed by atoms with Crippen LogP contribution in [0.5, 0.6) is 0 Å². The maximum atomic E-state index is 8.54. The van der Waals surface area contributed by atoms with Crippen molar-refractivity contribution in [3.8, 4) is 12.1 Å².